The van der Waals surface area contributed by atoms with Crippen LogP contribution in [0.1, 0.15) is 41.0 Å². The molecule has 0 amide bonds. The molecule has 0 spiro atoms. The third kappa shape index (κ3) is 13.1. The van der Waals surface area contributed by atoms with Crippen molar-refractivity contribution in [3.63, 3.8) is 0 Å². The molecular formula is C36H40O11. The number of carbonyl (C=O) groups is 4. The van der Waals surface area contributed by atoms with Gasteiger partial charge < -0.3 is 33.2 Å². The number of benzene rings is 3. The average Bonchev–Trinajstić information content (AvgIpc) is 3.10. The lowest BCUT2D eigenvalue weighted by atomic mass is 10.0. The average molecular weight is 649 g/mol. The van der Waals surface area contributed by atoms with Crippen LogP contribution in [0, 0.1) is 5.92 Å². The fourth-order valence-electron chi connectivity index (χ4n) is 3.84. The first-order chi connectivity index (χ1) is 22.8. The summed E-state index contributed by atoms with van der Waals surface area (Å²) in [5.74, 6) is -0.981. The van der Waals surface area contributed by atoms with Gasteiger partial charge in [0.15, 0.2) is 0 Å². The second-order valence-corrected chi connectivity index (χ2v) is 10.1. The topological polar surface area (TPSA) is 133 Å². The summed E-state index contributed by atoms with van der Waals surface area (Å²) in [6, 6.07) is 20.4. The van der Waals surface area contributed by atoms with Gasteiger partial charge in [-0.05, 0) is 66.1 Å². The fourth-order valence-corrected chi connectivity index (χ4v) is 3.84. The molecule has 0 aromatic heterocycles. The highest BCUT2D eigenvalue weighted by molar-refractivity contribution is 5.91. The second-order valence-electron chi connectivity index (χ2n) is 10.1. The molecule has 3 rings (SSSR count). The smallest absolute Gasteiger partial charge is 0.343 e. The minimum atomic E-state index is -0.583. The second kappa shape index (κ2) is 20.2. The predicted molar refractivity (Wildman–Crippen MR) is 172 cm³/mol. The molecule has 0 heterocycles. The van der Waals surface area contributed by atoms with Crippen LogP contribution in [0.2, 0.25) is 0 Å². The first kappa shape index (κ1) is 36.5. The van der Waals surface area contributed by atoms with Crippen LogP contribution in [-0.2, 0) is 33.3 Å². The molecule has 11 nitrogen and oxygen atoms in total. The Balaban J connectivity index is 1.33. The summed E-state index contributed by atoms with van der Waals surface area (Å²) in [7, 11) is 0. The van der Waals surface area contributed by atoms with Gasteiger partial charge in [0.05, 0.1) is 43.5 Å². The highest BCUT2D eigenvalue weighted by Gasteiger charge is 2.12. The van der Waals surface area contributed by atoms with Gasteiger partial charge >= 0.3 is 23.9 Å². The van der Waals surface area contributed by atoms with Crippen molar-refractivity contribution in [2.45, 2.75) is 20.3 Å². The molecule has 0 bridgehead atoms. The number of hydrogen-bond acceptors (Lipinski definition) is 11. The molecule has 0 aliphatic carbocycles. The lowest BCUT2D eigenvalue weighted by Crippen LogP contribution is -2.18. The Morgan fingerprint density at radius 3 is 1.72 bits per heavy atom. The molecule has 1 unspecified atom stereocenters. The first-order valence-electron chi connectivity index (χ1n) is 15.2. The van der Waals surface area contributed by atoms with E-state index in [0.29, 0.717) is 55.7 Å². The molecule has 47 heavy (non-hydrogen) atoms. The Morgan fingerprint density at radius 1 is 0.617 bits per heavy atom. The third-order valence-electron chi connectivity index (χ3n) is 6.69. The summed E-state index contributed by atoms with van der Waals surface area (Å²) in [4.78, 5) is 47.4. The number of rotatable bonds is 20. The monoisotopic (exact) mass is 648 g/mol. The SMILES string of the molecule is C=CC(=O)OCCOC(=O)c1ccc(-c2ccc(OC(=O)c3ccc(OCCOCCOCCOC(=O)C(C)CC)cc3)cc2)cc1. The zero-order valence-electron chi connectivity index (χ0n) is 26.6. The highest BCUT2D eigenvalue weighted by atomic mass is 16.6. The Kier molecular flexibility index (Phi) is 15.7. The Labute approximate surface area is 274 Å². The lowest BCUT2D eigenvalue weighted by molar-refractivity contribution is -0.149. The van der Waals surface area contributed by atoms with Crippen LogP contribution < -0.4 is 9.47 Å². The minimum absolute atomic E-state index is 0.0534. The summed E-state index contributed by atoms with van der Waals surface area (Å²) in [6.07, 6.45) is 1.78. The maximum Gasteiger partial charge on any atom is 0.343 e. The molecule has 3 aromatic carbocycles. The molecule has 0 aliphatic rings. The Bertz CT molecular complexity index is 1430. The van der Waals surface area contributed by atoms with Crippen LogP contribution in [0.25, 0.3) is 11.1 Å². The van der Waals surface area contributed by atoms with E-state index < -0.39 is 17.9 Å². The van der Waals surface area contributed by atoms with Crippen molar-refractivity contribution < 1.29 is 52.3 Å². The van der Waals surface area contributed by atoms with Crippen molar-refractivity contribution in [1.29, 1.82) is 0 Å². The van der Waals surface area contributed by atoms with Gasteiger partial charge in [-0.15, -0.1) is 0 Å². The molecule has 0 radical (unpaired) electrons. The summed E-state index contributed by atoms with van der Waals surface area (Å²) >= 11 is 0. The molecule has 250 valence electrons. The van der Waals surface area contributed by atoms with Crippen LogP contribution in [0.3, 0.4) is 0 Å². The highest BCUT2D eigenvalue weighted by Crippen LogP contribution is 2.24. The van der Waals surface area contributed by atoms with E-state index in [2.05, 4.69) is 6.58 Å². The first-order valence-corrected chi connectivity index (χ1v) is 15.2. The minimum Gasteiger partial charge on any atom is -0.491 e. The fraction of sp³-hybridized carbons (Fsp3) is 0.333. The molecule has 3 aromatic rings. The Morgan fingerprint density at radius 2 is 1.11 bits per heavy atom. The van der Waals surface area contributed by atoms with E-state index in [1.807, 2.05) is 13.8 Å². The van der Waals surface area contributed by atoms with E-state index in [0.717, 1.165) is 23.6 Å². The van der Waals surface area contributed by atoms with E-state index in [9.17, 15) is 19.2 Å². The van der Waals surface area contributed by atoms with E-state index in [4.69, 9.17) is 33.2 Å². The van der Waals surface area contributed by atoms with Gasteiger partial charge in [-0.25, -0.2) is 14.4 Å². The molecule has 0 saturated carbocycles. The van der Waals surface area contributed by atoms with Crippen molar-refractivity contribution in [3.8, 4) is 22.6 Å². The van der Waals surface area contributed by atoms with Gasteiger partial charge in [0.25, 0.3) is 0 Å². The largest absolute Gasteiger partial charge is 0.491 e. The normalized spacial score (nSPS) is 11.2. The molecular weight excluding hydrogens is 608 g/mol. The molecule has 1 atom stereocenters. The van der Waals surface area contributed by atoms with E-state index in [-0.39, 0.29) is 31.7 Å². The van der Waals surface area contributed by atoms with Crippen LogP contribution in [0.15, 0.2) is 85.5 Å². The molecule has 0 aliphatic heterocycles. The van der Waals surface area contributed by atoms with Crippen molar-refractivity contribution in [2.75, 3.05) is 52.9 Å². The third-order valence-corrected chi connectivity index (χ3v) is 6.69. The number of hydrogen-bond donors (Lipinski definition) is 0. The maximum absolute atomic E-state index is 12.6. The van der Waals surface area contributed by atoms with Crippen molar-refractivity contribution >= 4 is 23.9 Å². The summed E-state index contributed by atoms with van der Waals surface area (Å²) in [6.45, 7) is 8.94. The number of ether oxygens (including phenoxy) is 7. The van der Waals surface area contributed by atoms with Gasteiger partial charge in [0, 0.05) is 6.08 Å². The van der Waals surface area contributed by atoms with Gasteiger partial charge in [-0.2, -0.15) is 0 Å². The van der Waals surface area contributed by atoms with Gasteiger partial charge in [-0.3, -0.25) is 4.79 Å². The van der Waals surface area contributed by atoms with Gasteiger partial charge in [0.1, 0.15) is 37.9 Å². The number of esters is 4. The predicted octanol–water partition coefficient (Wildman–Crippen LogP) is 5.46. The number of carbonyl (C=O) groups excluding carboxylic acids is 4. The quantitative estimate of drug-likeness (QED) is 0.0509. The van der Waals surface area contributed by atoms with E-state index >= 15 is 0 Å². The summed E-state index contributed by atoms with van der Waals surface area (Å²) in [5, 5.41) is 0. The summed E-state index contributed by atoms with van der Waals surface area (Å²) in [5.41, 5.74) is 2.44. The lowest BCUT2D eigenvalue weighted by Gasteiger charge is -2.10. The van der Waals surface area contributed by atoms with E-state index in [1.165, 1.54) is 0 Å². The summed E-state index contributed by atoms with van der Waals surface area (Å²) < 4.78 is 37.0. The van der Waals surface area contributed by atoms with Crippen molar-refractivity contribution in [3.05, 3.63) is 96.6 Å². The van der Waals surface area contributed by atoms with E-state index in [1.54, 1.807) is 72.8 Å². The zero-order chi connectivity index (χ0) is 33.9. The van der Waals surface area contributed by atoms with Crippen LogP contribution in [-0.4, -0.2) is 76.7 Å². The van der Waals surface area contributed by atoms with Crippen LogP contribution >= 0.6 is 0 Å². The van der Waals surface area contributed by atoms with Crippen LogP contribution in [0.4, 0.5) is 0 Å². The van der Waals surface area contributed by atoms with Gasteiger partial charge in [0.2, 0.25) is 0 Å². The van der Waals surface area contributed by atoms with Crippen molar-refractivity contribution in [2.24, 2.45) is 5.92 Å². The molecule has 0 N–H and O–H groups in total. The Hall–Kier alpha value is -5.00. The maximum atomic E-state index is 12.6. The van der Waals surface area contributed by atoms with Gasteiger partial charge in [-0.1, -0.05) is 44.7 Å². The molecule has 11 heteroatoms. The van der Waals surface area contributed by atoms with Crippen LogP contribution in [0.5, 0.6) is 11.5 Å². The molecule has 0 fully saturated rings. The standard InChI is InChI=1S/C36H40O11/c1-4-26(3)34(38)45-23-21-42-19-18-41-20-22-43-31-14-12-30(13-15-31)36(40)47-32-16-10-28(11-17-32)27-6-8-29(9-7-27)35(39)46-25-24-44-33(37)5-2/h5-17,26H,2,4,18-25H2,1,3H3. The van der Waals surface area contributed by atoms with Crippen molar-refractivity contribution in [1.82, 2.24) is 0 Å². The zero-order valence-corrected chi connectivity index (χ0v) is 26.6. The molecule has 0 saturated heterocycles.